The number of anilines is 1. The molecule has 0 bridgehead atoms. The van der Waals surface area contributed by atoms with Crippen LogP contribution in [0.5, 0.6) is 0 Å². The van der Waals surface area contributed by atoms with E-state index in [1.54, 1.807) is 6.92 Å². The Hall–Kier alpha value is -2.83. The fourth-order valence-electron chi connectivity index (χ4n) is 2.98. The average molecular weight is 329 g/mol. The first kappa shape index (κ1) is 16.0. The molecule has 3 N–H and O–H groups in total. The second kappa shape index (κ2) is 6.74. The van der Waals surface area contributed by atoms with E-state index in [1.165, 1.54) is 5.56 Å². The van der Waals surface area contributed by atoms with Crippen molar-refractivity contribution in [2.45, 2.75) is 32.2 Å². The van der Waals surface area contributed by atoms with Gasteiger partial charge in [-0.1, -0.05) is 29.4 Å². The summed E-state index contributed by atoms with van der Waals surface area (Å²) >= 11 is 0. The molecule has 0 radical (unpaired) electrons. The van der Waals surface area contributed by atoms with E-state index >= 15 is 0 Å². The van der Waals surface area contributed by atoms with E-state index in [-0.39, 0.29) is 30.0 Å². The predicted molar refractivity (Wildman–Crippen MR) is 86.2 cm³/mol. The van der Waals surface area contributed by atoms with Gasteiger partial charge in [-0.15, -0.1) is 0 Å². The number of ether oxygens (including phenoxy) is 1. The predicted octanol–water partition coefficient (Wildman–Crippen LogP) is 1.92. The molecule has 7 nitrogen and oxygen atoms in total. The zero-order chi connectivity index (χ0) is 17.1. The number of aryl methyl sites for hydroxylation is 2. The summed E-state index contributed by atoms with van der Waals surface area (Å²) in [6.45, 7) is 1.21. The van der Waals surface area contributed by atoms with Gasteiger partial charge in [-0.2, -0.15) is 0 Å². The van der Waals surface area contributed by atoms with Crippen LogP contribution in [0.1, 0.15) is 46.1 Å². The van der Waals surface area contributed by atoms with Crippen LogP contribution in [0, 0.1) is 6.92 Å². The Morgan fingerprint density at radius 3 is 2.96 bits per heavy atom. The van der Waals surface area contributed by atoms with Crippen LogP contribution in [-0.4, -0.2) is 23.6 Å². The molecule has 3 rings (SSSR count). The van der Waals surface area contributed by atoms with E-state index in [9.17, 15) is 9.59 Å². The number of nitrogens with zero attached hydrogens (tertiary/aromatic N) is 1. The number of nitrogen functional groups attached to an aromatic ring is 1. The smallest absolute Gasteiger partial charge is 0.346 e. The number of carbonyl (C=O) groups excluding carboxylic acids is 2. The fraction of sp³-hybridized carbons (Fsp3) is 0.353. The van der Waals surface area contributed by atoms with Crippen LogP contribution in [0.25, 0.3) is 0 Å². The Morgan fingerprint density at radius 1 is 1.42 bits per heavy atom. The van der Waals surface area contributed by atoms with E-state index in [1.807, 2.05) is 18.2 Å². The summed E-state index contributed by atoms with van der Waals surface area (Å²) in [4.78, 5) is 24.1. The minimum Gasteiger partial charge on any atom is -0.452 e. The van der Waals surface area contributed by atoms with Gasteiger partial charge in [0.25, 0.3) is 5.91 Å². The zero-order valence-electron chi connectivity index (χ0n) is 13.4. The van der Waals surface area contributed by atoms with Gasteiger partial charge in [-0.25, -0.2) is 4.79 Å². The number of nitrogens with one attached hydrogen (secondary N) is 1. The third-order valence-corrected chi connectivity index (χ3v) is 4.13. The van der Waals surface area contributed by atoms with Gasteiger partial charge in [0.1, 0.15) is 5.56 Å². The third-order valence-electron chi connectivity index (χ3n) is 4.13. The van der Waals surface area contributed by atoms with E-state index < -0.39 is 5.97 Å². The number of fused-ring (bicyclic) bond motifs is 1. The van der Waals surface area contributed by atoms with Crippen molar-refractivity contribution in [2.75, 3.05) is 12.3 Å². The Labute approximate surface area is 139 Å². The molecule has 7 heteroatoms. The molecule has 0 fully saturated rings. The van der Waals surface area contributed by atoms with Crippen molar-refractivity contribution >= 4 is 17.8 Å². The summed E-state index contributed by atoms with van der Waals surface area (Å²) in [5.74, 6) is -1.18. The Bertz CT molecular complexity index is 749. The highest BCUT2D eigenvalue weighted by Crippen LogP contribution is 2.29. The van der Waals surface area contributed by atoms with Crippen LogP contribution in [-0.2, 0) is 16.0 Å². The molecular weight excluding hydrogens is 310 g/mol. The van der Waals surface area contributed by atoms with Crippen LogP contribution in [0.2, 0.25) is 0 Å². The summed E-state index contributed by atoms with van der Waals surface area (Å²) in [5, 5.41) is 6.50. The van der Waals surface area contributed by atoms with Gasteiger partial charge < -0.3 is 20.3 Å². The molecule has 1 aliphatic rings. The number of rotatable bonds is 4. The number of nitrogens with two attached hydrogens (primary N) is 1. The summed E-state index contributed by atoms with van der Waals surface area (Å²) in [6, 6.07) is 8.00. The number of amides is 1. The van der Waals surface area contributed by atoms with Crippen molar-refractivity contribution in [1.29, 1.82) is 0 Å². The molecule has 1 aromatic carbocycles. The first-order valence-electron chi connectivity index (χ1n) is 7.82. The SMILES string of the molecule is Cc1noc(N)c1C(=O)OCC(=O)NC1CCCc2ccccc21. The van der Waals surface area contributed by atoms with E-state index in [2.05, 4.69) is 16.5 Å². The van der Waals surface area contributed by atoms with Crippen LogP contribution < -0.4 is 11.1 Å². The van der Waals surface area contributed by atoms with E-state index in [4.69, 9.17) is 15.0 Å². The molecule has 1 unspecified atom stereocenters. The molecular formula is C17H19N3O4. The number of aromatic nitrogens is 1. The monoisotopic (exact) mass is 329 g/mol. The molecule has 0 spiro atoms. The normalized spacial score (nSPS) is 16.3. The van der Waals surface area contributed by atoms with Gasteiger partial charge in [0.05, 0.1) is 11.7 Å². The molecule has 24 heavy (non-hydrogen) atoms. The number of carbonyl (C=O) groups is 2. The highest BCUT2D eigenvalue weighted by molar-refractivity contribution is 5.96. The van der Waals surface area contributed by atoms with Crippen LogP contribution in [0.3, 0.4) is 0 Å². The van der Waals surface area contributed by atoms with Gasteiger partial charge in [0.15, 0.2) is 6.61 Å². The molecule has 0 saturated heterocycles. The first-order chi connectivity index (χ1) is 11.6. The summed E-state index contributed by atoms with van der Waals surface area (Å²) < 4.78 is 9.72. The Balaban J connectivity index is 1.58. The number of esters is 1. The molecule has 126 valence electrons. The minimum absolute atomic E-state index is 0.0523. The Kier molecular flexibility index (Phi) is 4.50. The third kappa shape index (κ3) is 3.24. The zero-order valence-corrected chi connectivity index (χ0v) is 13.4. The van der Waals surface area contributed by atoms with Crippen molar-refractivity contribution in [3.63, 3.8) is 0 Å². The topological polar surface area (TPSA) is 107 Å². The van der Waals surface area contributed by atoms with E-state index in [0.29, 0.717) is 5.69 Å². The van der Waals surface area contributed by atoms with Crippen molar-refractivity contribution in [3.8, 4) is 0 Å². The quantitative estimate of drug-likeness (QED) is 0.830. The number of hydrogen-bond acceptors (Lipinski definition) is 6. The minimum atomic E-state index is -0.717. The molecule has 1 aliphatic carbocycles. The molecule has 1 heterocycles. The van der Waals surface area contributed by atoms with Crippen LogP contribution in [0.4, 0.5) is 5.88 Å². The highest BCUT2D eigenvalue weighted by Gasteiger charge is 2.23. The molecule has 0 aliphatic heterocycles. The number of hydrogen-bond donors (Lipinski definition) is 2. The molecule has 0 saturated carbocycles. The standard InChI is InChI=1S/C17H19N3O4/c1-10-15(16(18)24-20-10)17(22)23-9-14(21)19-13-8-4-6-11-5-2-3-7-12(11)13/h2-3,5,7,13H,4,6,8-9,18H2,1H3,(H,19,21). The summed E-state index contributed by atoms with van der Waals surface area (Å²) in [5.41, 5.74) is 8.29. The average Bonchev–Trinajstić information content (AvgIpc) is 2.92. The van der Waals surface area contributed by atoms with Gasteiger partial charge in [0.2, 0.25) is 5.88 Å². The summed E-state index contributed by atoms with van der Waals surface area (Å²) in [7, 11) is 0. The van der Waals surface area contributed by atoms with Crippen molar-refractivity contribution in [2.24, 2.45) is 0 Å². The maximum atomic E-state index is 12.1. The highest BCUT2D eigenvalue weighted by atomic mass is 16.5. The van der Waals surface area contributed by atoms with E-state index in [0.717, 1.165) is 24.8 Å². The van der Waals surface area contributed by atoms with Gasteiger partial charge in [-0.3, -0.25) is 4.79 Å². The molecule has 1 atom stereocenters. The van der Waals surface area contributed by atoms with Crippen LogP contribution in [0.15, 0.2) is 28.8 Å². The van der Waals surface area contributed by atoms with Crippen molar-refractivity contribution in [1.82, 2.24) is 10.5 Å². The van der Waals surface area contributed by atoms with Crippen molar-refractivity contribution < 1.29 is 18.8 Å². The molecule has 1 aromatic heterocycles. The largest absolute Gasteiger partial charge is 0.452 e. The second-order valence-electron chi connectivity index (χ2n) is 5.79. The fourth-order valence-corrected chi connectivity index (χ4v) is 2.98. The van der Waals surface area contributed by atoms with Crippen LogP contribution >= 0.6 is 0 Å². The lowest BCUT2D eigenvalue weighted by atomic mass is 9.88. The van der Waals surface area contributed by atoms with Crippen molar-refractivity contribution in [3.05, 3.63) is 46.6 Å². The Morgan fingerprint density at radius 2 is 2.21 bits per heavy atom. The van der Waals surface area contributed by atoms with Gasteiger partial charge in [0, 0.05) is 0 Å². The first-order valence-corrected chi connectivity index (χ1v) is 7.82. The molecule has 2 aromatic rings. The second-order valence-corrected chi connectivity index (χ2v) is 5.79. The summed E-state index contributed by atoms with van der Waals surface area (Å²) in [6.07, 6.45) is 2.90. The maximum Gasteiger partial charge on any atom is 0.346 e. The van der Waals surface area contributed by atoms with Gasteiger partial charge in [-0.05, 0) is 37.3 Å². The van der Waals surface area contributed by atoms with Gasteiger partial charge >= 0.3 is 5.97 Å². The molecule has 1 amide bonds. The lowest BCUT2D eigenvalue weighted by Crippen LogP contribution is -2.34. The lowest BCUT2D eigenvalue weighted by Gasteiger charge is -2.26. The number of benzene rings is 1. The lowest BCUT2D eigenvalue weighted by molar-refractivity contribution is -0.125. The maximum absolute atomic E-state index is 12.1.